The third-order valence-electron chi connectivity index (χ3n) is 5.70. The second-order valence-corrected chi connectivity index (χ2v) is 9.81. The van der Waals surface area contributed by atoms with Crippen molar-refractivity contribution in [3.05, 3.63) is 76.1 Å². The highest BCUT2D eigenvalue weighted by molar-refractivity contribution is 5.67. The number of methoxy groups -OCH3 is 2. The summed E-state index contributed by atoms with van der Waals surface area (Å²) < 4.78 is 17.6. The van der Waals surface area contributed by atoms with Crippen LogP contribution < -0.4 is 20.3 Å². The number of nitrogens with one attached hydrogen (secondary N) is 1. The van der Waals surface area contributed by atoms with Crippen LogP contribution in [0.1, 0.15) is 51.2 Å². The van der Waals surface area contributed by atoms with Gasteiger partial charge in [0.15, 0.2) is 11.5 Å². The van der Waals surface area contributed by atoms with Crippen molar-refractivity contribution in [3.63, 3.8) is 0 Å². The molecule has 0 unspecified atom stereocenters. The average molecular weight is 508 g/mol. The van der Waals surface area contributed by atoms with E-state index in [0.717, 1.165) is 41.6 Å². The molecule has 0 aliphatic rings. The summed E-state index contributed by atoms with van der Waals surface area (Å²) in [6.07, 6.45) is 2.82. The van der Waals surface area contributed by atoms with Gasteiger partial charge >= 0.3 is 6.09 Å². The Morgan fingerprint density at radius 2 is 1.68 bits per heavy atom. The summed E-state index contributed by atoms with van der Waals surface area (Å²) in [5, 5.41) is 7.56. The van der Waals surface area contributed by atoms with Crippen LogP contribution in [0.5, 0.6) is 11.5 Å². The molecule has 0 spiro atoms. The molecule has 8 nitrogen and oxygen atoms in total. The predicted molar refractivity (Wildman–Crippen MR) is 144 cm³/mol. The first kappa shape index (κ1) is 27.8. The Morgan fingerprint density at radius 3 is 2.35 bits per heavy atom. The molecular formula is C29H37N3O5. The van der Waals surface area contributed by atoms with E-state index >= 15 is 0 Å². The zero-order valence-corrected chi connectivity index (χ0v) is 22.4. The molecule has 0 atom stereocenters. The van der Waals surface area contributed by atoms with E-state index in [2.05, 4.69) is 5.32 Å². The molecule has 0 radical (unpaired) electrons. The maximum absolute atomic E-state index is 13.0. The lowest BCUT2D eigenvalue weighted by molar-refractivity contribution is 0.0527. The van der Waals surface area contributed by atoms with Crippen LogP contribution in [-0.2, 0) is 17.7 Å². The van der Waals surface area contributed by atoms with Crippen LogP contribution in [-0.4, -0.2) is 42.2 Å². The number of rotatable bonds is 11. The molecule has 0 bridgehead atoms. The van der Waals surface area contributed by atoms with Crippen molar-refractivity contribution in [1.82, 2.24) is 15.1 Å². The molecule has 2 aromatic carbocycles. The molecule has 1 heterocycles. The van der Waals surface area contributed by atoms with Gasteiger partial charge in [0.1, 0.15) is 5.60 Å². The van der Waals surface area contributed by atoms with E-state index in [0.29, 0.717) is 31.0 Å². The van der Waals surface area contributed by atoms with Crippen LogP contribution in [0.2, 0.25) is 0 Å². The largest absolute Gasteiger partial charge is 0.493 e. The minimum absolute atomic E-state index is 0.144. The maximum atomic E-state index is 13.0. The lowest BCUT2D eigenvalue weighted by atomic mass is 10.0. The number of carbonyl (C=O) groups is 1. The Bertz CT molecular complexity index is 1230. The van der Waals surface area contributed by atoms with Gasteiger partial charge in [-0.25, -0.2) is 9.48 Å². The number of carbonyl (C=O) groups excluding carboxylic acids is 1. The first-order valence-corrected chi connectivity index (χ1v) is 12.5. The van der Waals surface area contributed by atoms with Crippen molar-refractivity contribution < 1.29 is 19.0 Å². The third kappa shape index (κ3) is 8.37. The minimum atomic E-state index is -0.516. The van der Waals surface area contributed by atoms with Crippen LogP contribution in [0.25, 0.3) is 11.3 Å². The fourth-order valence-corrected chi connectivity index (χ4v) is 3.93. The van der Waals surface area contributed by atoms with Crippen LogP contribution in [0.15, 0.2) is 59.4 Å². The Kier molecular flexibility index (Phi) is 9.71. The molecule has 1 aromatic heterocycles. The number of hydrogen-bond donors (Lipinski definition) is 1. The van der Waals surface area contributed by atoms with Crippen LogP contribution in [0.4, 0.5) is 4.79 Å². The SMILES string of the molecule is COc1ccc(-c2nn(Cc3ccccc3)c(=O)cc2CCCCCNC(=O)OC(C)(C)C)cc1OC. The van der Waals surface area contributed by atoms with E-state index in [1.165, 1.54) is 4.68 Å². The quantitative estimate of drug-likeness (QED) is 0.358. The zero-order chi connectivity index (χ0) is 26.8. The van der Waals surface area contributed by atoms with Crippen molar-refractivity contribution in [2.24, 2.45) is 0 Å². The minimum Gasteiger partial charge on any atom is -0.493 e. The van der Waals surface area contributed by atoms with Gasteiger partial charge in [-0.05, 0) is 69.4 Å². The fourth-order valence-electron chi connectivity index (χ4n) is 3.93. The molecule has 0 aliphatic heterocycles. The van der Waals surface area contributed by atoms with Gasteiger partial charge in [0.2, 0.25) is 0 Å². The Labute approximate surface area is 218 Å². The number of ether oxygens (including phenoxy) is 3. The van der Waals surface area contributed by atoms with Crippen molar-refractivity contribution >= 4 is 6.09 Å². The van der Waals surface area contributed by atoms with Crippen molar-refractivity contribution in [2.45, 2.75) is 58.6 Å². The predicted octanol–water partition coefficient (Wildman–Crippen LogP) is 5.21. The molecule has 0 saturated heterocycles. The van der Waals surface area contributed by atoms with E-state index in [-0.39, 0.29) is 5.56 Å². The number of alkyl carbamates (subject to hydrolysis) is 1. The highest BCUT2D eigenvalue weighted by Gasteiger charge is 2.16. The number of benzene rings is 2. The summed E-state index contributed by atoms with van der Waals surface area (Å²) in [6, 6.07) is 17.1. The molecule has 198 valence electrons. The highest BCUT2D eigenvalue weighted by atomic mass is 16.6. The normalized spacial score (nSPS) is 11.2. The third-order valence-corrected chi connectivity index (χ3v) is 5.70. The molecule has 0 saturated carbocycles. The summed E-state index contributed by atoms with van der Waals surface area (Å²) in [5.41, 5.74) is 2.81. The average Bonchev–Trinajstić information content (AvgIpc) is 2.86. The molecule has 8 heteroatoms. The number of aromatic nitrogens is 2. The summed E-state index contributed by atoms with van der Waals surface area (Å²) in [5.74, 6) is 1.23. The molecule has 0 fully saturated rings. The second-order valence-electron chi connectivity index (χ2n) is 9.81. The highest BCUT2D eigenvalue weighted by Crippen LogP contribution is 2.33. The van der Waals surface area contributed by atoms with Crippen molar-refractivity contribution in [3.8, 4) is 22.8 Å². The summed E-state index contributed by atoms with van der Waals surface area (Å²) >= 11 is 0. The lowest BCUT2D eigenvalue weighted by Crippen LogP contribution is -2.33. The number of aryl methyl sites for hydroxylation is 1. The molecule has 0 aliphatic carbocycles. The number of nitrogens with zero attached hydrogens (tertiary/aromatic N) is 2. The molecular weight excluding hydrogens is 470 g/mol. The number of amides is 1. The van der Waals surface area contributed by atoms with Gasteiger partial charge in [-0.1, -0.05) is 36.8 Å². The Hall–Kier alpha value is -3.81. The monoisotopic (exact) mass is 507 g/mol. The standard InChI is InChI=1S/C29H37N3O5/c1-29(2,3)37-28(34)30-17-11-7-10-14-22-19-26(33)32(20-21-12-8-6-9-13-21)31-27(22)23-15-16-24(35-4)25(18-23)36-5/h6,8-9,12-13,15-16,18-19H,7,10-11,14,17,20H2,1-5H3,(H,30,34). The van der Waals surface area contributed by atoms with Crippen molar-refractivity contribution in [1.29, 1.82) is 0 Å². The molecule has 3 rings (SSSR count). The molecule has 3 aromatic rings. The topological polar surface area (TPSA) is 91.7 Å². The molecule has 37 heavy (non-hydrogen) atoms. The van der Waals surface area contributed by atoms with Crippen molar-refractivity contribution in [2.75, 3.05) is 20.8 Å². The van der Waals surface area contributed by atoms with Gasteiger partial charge in [0.05, 0.1) is 26.5 Å². The first-order valence-electron chi connectivity index (χ1n) is 12.5. The summed E-state index contributed by atoms with van der Waals surface area (Å²) in [7, 11) is 3.19. The number of hydrogen-bond acceptors (Lipinski definition) is 6. The van der Waals surface area contributed by atoms with E-state index in [4.69, 9.17) is 19.3 Å². The zero-order valence-electron chi connectivity index (χ0n) is 22.4. The summed E-state index contributed by atoms with van der Waals surface area (Å²) in [4.78, 5) is 24.8. The van der Waals surface area contributed by atoms with Gasteiger partial charge in [0, 0.05) is 18.2 Å². The van der Waals surface area contributed by atoms with Gasteiger partial charge in [-0.2, -0.15) is 5.10 Å². The first-order chi connectivity index (χ1) is 17.7. The van der Waals surface area contributed by atoms with Crippen LogP contribution >= 0.6 is 0 Å². The Morgan fingerprint density at radius 1 is 0.946 bits per heavy atom. The summed E-state index contributed by atoms with van der Waals surface area (Å²) in [6.45, 7) is 6.43. The molecule has 1 amide bonds. The van der Waals surface area contributed by atoms with E-state index < -0.39 is 11.7 Å². The second kappa shape index (κ2) is 12.9. The van der Waals surface area contributed by atoms with Gasteiger partial charge in [0.25, 0.3) is 5.56 Å². The maximum Gasteiger partial charge on any atom is 0.407 e. The Balaban J connectivity index is 1.76. The van der Waals surface area contributed by atoms with E-state index in [1.54, 1.807) is 20.3 Å². The van der Waals surface area contributed by atoms with Crippen LogP contribution in [0.3, 0.4) is 0 Å². The number of unbranched alkanes of at least 4 members (excludes halogenated alkanes) is 2. The fraction of sp³-hybridized carbons (Fsp3) is 0.414. The molecule has 1 N–H and O–H groups in total. The van der Waals surface area contributed by atoms with Gasteiger partial charge < -0.3 is 19.5 Å². The lowest BCUT2D eigenvalue weighted by Gasteiger charge is -2.19. The smallest absolute Gasteiger partial charge is 0.407 e. The van der Waals surface area contributed by atoms with Gasteiger partial charge in [-0.3, -0.25) is 4.79 Å². The van der Waals surface area contributed by atoms with Crippen LogP contribution in [0, 0.1) is 0 Å². The van der Waals surface area contributed by atoms with Gasteiger partial charge in [-0.15, -0.1) is 0 Å². The van der Waals surface area contributed by atoms with E-state index in [9.17, 15) is 9.59 Å². The van der Waals surface area contributed by atoms with E-state index in [1.807, 2.05) is 69.3 Å².